The van der Waals surface area contributed by atoms with E-state index >= 15 is 0 Å². The fraction of sp³-hybridized carbons (Fsp3) is 0.323. The van der Waals surface area contributed by atoms with Gasteiger partial charge in [0, 0.05) is 17.5 Å². The van der Waals surface area contributed by atoms with Crippen LogP contribution in [0.15, 0.2) is 66.7 Å². The van der Waals surface area contributed by atoms with E-state index in [4.69, 9.17) is 16.3 Å². The number of nitrogens with one attached hydrogen (secondary N) is 3. The van der Waals surface area contributed by atoms with Crippen LogP contribution >= 0.6 is 11.6 Å². The van der Waals surface area contributed by atoms with Crippen molar-refractivity contribution in [3.63, 3.8) is 0 Å². The summed E-state index contributed by atoms with van der Waals surface area (Å²) in [5, 5.41) is 8.20. The highest BCUT2D eigenvalue weighted by atomic mass is 35.5. The van der Waals surface area contributed by atoms with Crippen molar-refractivity contribution in [3.05, 3.63) is 89.0 Å². The number of alkyl carbamates (subject to hydrolysis) is 1. The van der Waals surface area contributed by atoms with Gasteiger partial charge in [0.05, 0.1) is 0 Å². The van der Waals surface area contributed by atoms with Gasteiger partial charge >= 0.3 is 6.09 Å². The maximum Gasteiger partial charge on any atom is 0.407 e. The molecule has 3 amide bonds. The normalized spacial score (nSPS) is 13.7. The molecule has 4 rings (SSSR count). The van der Waals surface area contributed by atoms with Gasteiger partial charge in [0.2, 0.25) is 11.8 Å². The molecule has 0 fully saturated rings. The molecule has 0 saturated carbocycles. The molecule has 0 aliphatic heterocycles. The first-order valence-electron chi connectivity index (χ1n) is 13.1. The van der Waals surface area contributed by atoms with Gasteiger partial charge in [-0.1, -0.05) is 68.4 Å². The van der Waals surface area contributed by atoms with Crippen LogP contribution in [0.25, 0.3) is 11.1 Å². The summed E-state index contributed by atoms with van der Waals surface area (Å²) in [4.78, 5) is 38.5. The molecule has 0 unspecified atom stereocenters. The molecule has 0 saturated heterocycles. The average molecular weight is 548 g/mol. The summed E-state index contributed by atoms with van der Waals surface area (Å²) in [6, 6.07) is 19.9. The summed E-state index contributed by atoms with van der Waals surface area (Å²) in [5.74, 6) is -0.758. The minimum absolute atomic E-state index is 0.0830. The first kappa shape index (κ1) is 28.2. The molecule has 2 atom stereocenters. The number of ether oxygens (including phenoxy) is 1. The monoisotopic (exact) mass is 547 g/mol. The van der Waals surface area contributed by atoms with Crippen molar-refractivity contribution in [2.24, 2.45) is 5.92 Å². The molecule has 8 heteroatoms. The lowest BCUT2D eigenvalue weighted by Crippen LogP contribution is -2.53. The Morgan fingerprint density at radius 3 is 2.05 bits per heavy atom. The molecule has 0 heterocycles. The lowest BCUT2D eigenvalue weighted by atomic mass is 9.98. The number of carbonyl (C=O) groups excluding carboxylic acids is 3. The van der Waals surface area contributed by atoms with Gasteiger partial charge in [-0.25, -0.2) is 4.79 Å². The molecule has 1 aliphatic carbocycles. The van der Waals surface area contributed by atoms with Crippen molar-refractivity contribution < 1.29 is 19.1 Å². The van der Waals surface area contributed by atoms with Gasteiger partial charge in [-0.15, -0.1) is 11.6 Å². The van der Waals surface area contributed by atoms with Gasteiger partial charge in [0.15, 0.2) is 0 Å². The van der Waals surface area contributed by atoms with Crippen molar-refractivity contribution in [2.45, 2.75) is 51.6 Å². The van der Waals surface area contributed by atoms with Crippen LogP contribution in [-0.4, -0.2) is 36.6 Å². The number of carbonyl (C=O) groups is 3. The summed E-state index contributed by atoms with van der Waals surface area (Å²) in [7, 11) is 0. The van der Waals surface area contributed by atoms with Crippen LogP contribution in [0, 0.1) is 12.8 Å². The predicted molar refractivity (Wildman–Crippen MR) is 154 cm³/mol. The highest BCUT2D eigenvalue weighted by molar-refractivity contribution is 6.17. The minimum atomic E-state index is -0.874. The lowest BCUT2D eigenvalue weighted by Gasteiger charge is -2.24. The number of fused-ring (bicyclic) bond motifs is 3. The molecule has 3 aromatic carbocycles. The van der Waals surface area contributed by atoms with Gasteiger partial charge in [0.1, 0.15) is 18.7 Å². The summed E-state index contributed by atoms with van der Waals surface area (Å²) in [6.45, 7) is 7.30. The molecule has 0 radical (unpaired) electrons. The topological polar surface area (TPSA) is 96.5 Å². The Labute approximate surface area is 234 Å². The number of halogens is 1. The summed E-state index contributed by atoms with van der Waals surface area (Å²) in [5.41, 5.74) is 7.05. The largest absolute Gasteiger partial charge is 0.449 e. The molecule has 3 aromatic rings. The van der Waals surface area contributed by atoms with Crippen molar-refractivity contribution in [2.75, 3.05) is 11.9 Å². The van der Waals surface area contributed by atoms with Gasteiger partial charge in [-0.2, -0.15) is 0 Å². The molecule has 7 nitrogen and oxygen atoms in total. The molecule has 3 N–H and O–H groups in total. The molecule has 204 valence electrons. The second-order valence-electron chi connectivity index (χ2n) is 10.2. The molecular weight excluding hydrogens is 514 g/mol. The number of hydrogen-bond donors (Lipinski definition) is 3. The Hall–Kier alpha value is -3.84. The lowest BCUT2D eigenvalue weighted by molar-refractivity contribution is -0.128. The van der Waals surface area contributed by atoms with E-state index in [0.29, 0.717) is 11.6 Å². The number of rotatable bonds is 9. The van der Waals surface area contributed by atoms with E-state index in [2.05, 4.69) is 28.1 Å². The summed E-state index contributed by atoms with van der Waals surface area (Å²) >= 11 is 5.91. The quantitative estimate of drug-likeness (QED) is 0.298. The number of anilines is 1. The van der Waals surface area contributed by atoms with Crippen LogP contribution in [0.1, 0.15) is 48.9 Å². The van der Waals surface area contributed by atoms with Crippen LogP contribution in [0.2, 0.25) is 0 Å². The fourth-order valence-electron chi connectivity index (χ4n) is 4.84. The van der Waals surface area contributed by atoms with Crippen LogP contribution in [-0.2, 0) is 20.2 Å². The summed E-state index contributed by atoms with van der Waals surface area (Å²) in [6.07, 6.45) is -0.683. The van der Waals surface area contributed by atoms with Gasteiger partial charge < -0.3 is 20.7 Å². The standard InChI is InChI=1S/C31H34ClN3O4/c1-18(2)28(30(37)33-20(4)29(36)34-22-14-13-21(16-32)19(3)15-22)35-31(38)39-17-27-25-11-7-5-9-23(25)24-10-6-8-12-26(24)27/h5-15,18,20,27-28H,16-17H2,1-4H3,(H,33,37)(H,34,36)(H,35,38)/t20-,28-/m0/s1. The van der Waals surface area contributed by atoms with E-state index in [-0.39, 0.29) is 24.3 Å². The molecule has 0 bridgehead atoms. The van der Waals surface area contributed by atoms with Crippen LogP contribution in [0.3, 0.4) is 0 Å². The number of aryl methyl sites for hydroxylation is 1. The van der Waals surface area contributed by atoms with E-state index in [9.17, 15) is 14.4 Å². The number of benzene rings is 3. The maximum atomic E-state index is 13.0. The SMILES string of the molecule is Cc1cc(NC(=O)[C@H](C)NC(=O)[C@@H](NC(=O)OCC2c3ccccc3-c3ccccc32)C(C)C)ccc1CCl. The highest BCUT2D eigenvalue weighted by Gasteiger charge is 2.31. The number of hydrogen-bond acceptors (Lipinski definition) is 4. The Bertz CT molecular complexity index is 1330. The molecule has 39 heavy (non-hydrogen) atoms. The van der Waals surface area contributed by atoms with E-state index in [0.717, 1.165) is 33.4 Å². The zero-order valence-corrected chi connectivity index (χ0v) is 23.3. The number of amides is 3. The van der Waals surface area contributed by atoms with Gasteiger partial charge in [-0.3, -0.25) is 9.59 Å². The van der Waals surface area contributed by atoms with E-state index in [1.54, 1.807) is 13.0 Å². The third-order valence-electron chi connectivity index (χ3n) is 7.07. The molecular formula is C31H34ClN3O4. The van der Waals surface area contributed by atoms with Crippen LogP contribution in [0.4, 0.5) is 10.5 Å². The first-order valence-corrected chi connectivity index (χ1v) is 13.6. The zero-order valence-electron chi connectivity index (χ0n) is 22.6. The zero-order chi connectivity index (χ0) is 28.1. The Kier molecular flexibility index (Phi) is 8.92. The third-order valence-corrected chi connectivity index (χ3v) is 7.36. The van der Waals surface area contributed by atoms with Gasteiger partial charge in [-0.05, 0) is 65.3 Å². The minimum Gasteiger partial charge on any atom is -0.449 e. The summed E-state index contributed by atoms with van der Waals surface area (Å²) < 4.78 is 5.61. The Balaban J connectivity index is 1.34. The second-order valence-corrected chi connectivity index (χ2v) is 10.5. The van der Waals surface area contributed by atoms with Crippen LogP contribution < -0.4 is 16.0 Å². The van der Waals surface area contributed by atoms with Crippen molar-refractivity contribution >= 4 is 35.2 Å². The second kappa shape index (κ2) is 12.3. The molecule has 0 aromatic heterocycles. The van der Waals surface area contributed by atoms with Crippen molar-refractivity contribution in [3.8, 4) is 11.1 Å². The van der Waals surface area contributed by atoms with Crippen molar-refractivity contribution in [1.82, 2.24) is 10.6 Å². The Morgan fingerprint density at radius 2 is 1.49 bits per heavy atom. The highest BCUT2D eigenvalue weighted by Crippen LogP contribution is 2.44. The van der Waals surface area contributed by atoms with E-state index in [1.807, 2.05) is 69.3 Å². The van der Waals surface area contributed by atoms with E-state index < -0.39 is 24.1 Å². The Morgan fingerprint density at radius 1 is 0.872 bits per heavy atom. The van der Waals surface area contributed by atoms with E-state index in [1.165, 1.54) is 0 Å². The fourth-order valence-corrected chi connectivity index (χ4v) is 5.14. The molecule has 1 aliphatic rings. The number of alkyl halides is 1. The smallest absolute Gasteiger partial charge is 0.407 e. The predicted octanol–water partition coefficient (Wildman–Crippen LogP) is 5.74. The van der Waals surface area contributed by atoms with Crippen LogP contribution in [0.5, 0.6) is 0 Å². The molecule has 0 spiro atoms. The average Bonchev–Trinajstić information content (AvgIpc) is 3.24. The van der Waals surface area contributed by atoms with Gasteiger partial charge in [0.25, 0.3) is 0 Å². The maximum absolute atomic E-state index is 13.0. The first-order chi connectivity index (χ1) is 18.7. The van der Waals surface area contributed by atoms with Crippen molar-refractivity contribution in [1.29, 1.82) is 0 Å². The third kappa shape index (κ3) is 6.42.